The summed E-state index contributed by atoms with van der Waals surface area (Å²) < 4.78 is 5.11. The maximum atomic E-state index is 12.1. The fraction of sp³-hybridized carbons (Fsp3) is 0.0909. The van der Waals surface area contributed by atoms with Crippen LogP contribution in [-0.4, -0.2) is 18.9 Å². The number of ether oxygens (including phenoxy) is 1. The second-order valence-corrected chi connectivity index (χ2v) is 5.61. The molecule has 128 valence electrons. The number of hydrogen-bond acceptors (Lipinski definition) is 4. The van der Waals surface area contributed by atoms with Gasteiger partial charge in [0.2, 0.25) is 0 Å². The summed E-state index contributed by atoms with van der Waals surface area (Å²) in [5.41, 5.74) is 2.27. The van der Waals surface area contributed by atoms with E-state index in [2.05, 4.69) is 16.0 Å². The Bertz CT molecular complexity index is 919. The zero-order valence-electron chi connectivity index (χ0n) is 14.4. The van der Waals surface area contributed by atoms with Gasteiger partial charge >= 0.3 is 0 Å². The Kier molecular flexibility index (Phi) is 5.71. The van der Waals surface area contributed by atoms with E-state index in [0.717, 1.165) is 17.0 Å². The molecule has 0 radical (unpaired) electrons. The van der Waals surface area contributed by atoms with Crippen molar-refractivity contribution >= 4 is 29.2 Å². The SMILES string of the molecule is COc1ccc(N=C=Nc2ccccc2/C=C/C(=O)C2C=CC=C2)cc1. The summed E-state index contributed by atoms with van der Waals surface area (Å²) in [4.78, 5) is 20.6. The molecule has 2 aromatic carbocycles. The maximum absolute atomic E-state index is 12.1. The molecule has 0 unspecified atom stereocenters. The van der Waals surface area contributed by atoms with E-state index in [1.54, 1.807) is 19.3 Å². The molecule has 26 heavy (non-hydrogen) atoms. The predicted molar refractivity (Wildman–Crippen MR) is 104 cm³/mol. The Balaban J connectivity index is 1.75. The molecule has 0 bridgehead atoms. The molecule has 2 aromatic rings. The van der Waals surface area contributed by atoms with E-state index in [1.807, 2.05) is 72.8 Å². The summed E-state index contributed by atoms with van der Waals surface area (Å²) in [6, 6.07) is 17.6. The summed E-state index contributed by atoms with van der Waals surface area (Å²) in [5.74, 6) is 0.646. The normalized spacial score (nSPS) is 13.0. The highest BCUT2D eigenvalue weighted by Gasteiger charge is 2.10. The highest BCUT2D eigenvalue weighted by molar-refractivity contribution is 5.98. The van der Waals surface area contributed by atoms with Crippen LogP contribution in [0.25, 0.3) is 6.08 Å². The maximum Gasteiger partial charge on any atom is 0.166 e. The first-order valence-corrected chi connectivity index (χ1v) is 8.23. The lowest BCUT2D eigenvalue weighted by Gasteiger charge is -2.00. The lowest BCUT2D eigenvalue weighted by molar-refractivity contribution is -0.115. The van der Waals surface area contributed by atoms with E-state index in [1.165, 1.54) is 0 Å². The second kappa shape index (κ2) is 8.56. The van der Waals surface area contributed by atoms with Gasteiger partial charge in [-0.05, 0) is 42.5 Å². The van der Waals surface area contributed by atoms with Gasteiger partial charge in [-0.25, -0.2) is 0 Å². The van der Waals surface area contributed by atoms with Crippen LogP contribution in [0.2, 0.25) is 0 Å². The third-order valence-corrected chi connectivity index (χ3v) is 3.86. The highest BCUT2D eigenvalue weighted by Crippen LogP contribution is 2.21. The standard InChI is InChI=1S/C22H18N2O2/c1-26-20-13-11-19(12-14-20)23-16-24-21-9-5-4-6-17(21)10-15-22(25)18-7-2-3-8-18/h2-15,18H,1H3/b15-10+. The van der Waals surface area contributed by atoms with Gasteiger partial charge < -0.3 is 4.74 Å². The number of aliphatic imine (C=N–C) groups is 2. The molecule has 0 aliphatic heterocycles. The summed E-state index contributed by atoms with van der Waals surface area (Å²) in [6.45, 7) is 0. The van der Waals surface area contributed by atoms with Gasteiger partial charge in [0, 0.05) is 5.56 Å². The molecular formula is C22H18N2O2. The first kappa shape index (κ1) is 17.3. The molecule has 0 saturated carbocycles. The number of benzene rings is 2. The number of rotatable bonds is 6. The number of carbonyl (C=O) groups is 1. The third kappa shape index (κ3) is 4.53. The van der Waals surface area contributed by atoms with Crippen molar-refractivity contribution in [3.63, 3.8) is 0 Å². The van der Waals surface area contributed by atoms with Crippen molar-refractivity contribution in [3.05, 3.63) is 84.5 Å². The largest absolute Gasteiger partial charge is 0.497 e. The molecule has 0 fully saturated rings. The lowest BCUT2D eigenvalue weighted by Crippen LogP contribution is -2.03. The average molecular weight is 342 g/mol. The summed E-state index contributed by atoms with van der Waals surface area (Å²) in [5, 5.41) is 0. The van der Waals surface area contributed by atoms with Crippen LogP contribution in [0.5, 0.6) is 5.75 Å². The van der Waals surface area contributed by atoms with Crippen molar-refractivity contribution in [1.29, 1.82) is 0 Å². The van der Waals surface area contributed by atoms with Gasteiger partial charge in [-0.2, -0.15) is 9.98 Å². The molecule has 0 saturated heterocycles. The zero-order valence-corrected chi connectivity index (χ0v) is 14.4. The minimum atomic E-state index is -0.168. The molecule has 4 heteroatoms. The zero-order chi connectivity index (χ0) is 18.2. The van der Waals surface area contributed by atoms with Crippen LogP contribution < -0.4 is 4.74 Å². The molecule has 3 rings (SSSR count). The first-order chi connectivity index (χ1) is 12.8. The molecule has 0 amide bonds. The monoisotopic (exact) mass is 342 g/mol. The van der Waals surface area contributed by atoms with E-state index >= 15 is 0 Å². The van der Waals surface area contributed by atoms with Gasteiger partial charge in [0.05, 0.1) is 24.4 Å². The number of para-hydroxylation sites is 1. The third-order valence-electron chi connectivity index (χ3n) is 3.86. The number of carbonyl (C=O) groups excluding carboxylic acids is 1. The van der Waals surface area contributed by atoms with Crippen molar-refractivity contribution in [2.45, 2.75) is 0 Å². The van der Waals surface area contributed by atoms with Crippen LogP contribution in [0.1, 0.15) is 5.56 Å². The van der Waals surface area contributed by atoms with Crippen LogP contribution in [0.4, 0.5) is 11.4 Å². The van der Waals surface area contributed by atoms with Crippen molar-refractivity contribution in [2.75, 3.05) is 7.11 Å². The molecular weight excluding hydrogens is 324 g/mol. The van der Waals surface area contributed by atoms with Crippen molar-refractivity contribution in [3.8, 4) is 5.75 Å². The average Bonchev–Trinajstić information content (AvgIpc) is 3.22. The van der Waals surface area contributed by atoms with Gasteiger partial charge in [-0.1, -0.05) is 42.5 Å². The molecule has 0 spiro atoms. The number of ketones is 1. The van der Waals surface area contributed by atoms with E-state index in [-0.39, 0.29) is 11.7 Å². The van der Waals surface area contributed by atoms with Crippen LogP contribution in [-0.2, 0) is 4.79 Å². The van der Waals surface area contributed by atoms with Crippen LogP contribution in [0.3, 0.4) is 0 Å². The molecule has 0 aromatic heterocycles. The fourth-order valence-corrected chi connectivity index (χ4v) is 2.43. The minimum Gasteiger partial charge on any atom is -0.497 e. The molecule has 1 aliphatic carbocycles. The fourth-order valence-electron chi connectivity index (χ4n) is 2.43. The Labute approximate surface area is 152 Å². The minimum absolute atomic E-state index is 0.0423. The predicted octanol–water partition coefficient (Wildman–Crippen LogP) is 5.16. The summed E-state index contributed by atoms with van der Waals surface area (Å²) in [7, 11) is 1.62. The molecule has 0 N–H and O–H groups in total. The van der Waals surface area contributed by atoms with Gasteiger partial charge in [0.25, 0.3) is 0 Å². The number of allylic oxidation sites excluding steroid dienone is 5. The van der Waals surface area contributed by atoms with E-state index < -0.39 is 0 Å². The van der Waals surface area contributed by atoms with Crippen LogP contribution in [0, 0.1) is 5.92 Å². The lowest BCUT2D eigenvalue weighted by atomic mass is 10.0. The molecule has 0 heterocycles. The van der Waals surface area contributed by atoms with Crippen molar-refractivity contribution < 1.29 is 9.53 Å². The van der Waals surface area contributed by atoms with Gasteiger partial charge in [0.15, 0.2) is 5.78 Å². The molecule has 0 atom stereocenters. The summed E-state index contributed by atoms with van der Waals surface area (Å²) >= 11 is 0. The Hall–Kier alpha value is -3.49. The Morgan fingerprint density at radius 3 is 2.50 bits per heavy atom. The van der Waals surface area contributed by atoms with E-state index in [0.29, 0.717) is 5.69 Å². The van der Waals surface area contributed by atoms with Crippen molar-refractivity contribution in [1.82, 2.24) is 0 Å². The van der Waals surface area contributed by atoms with Gasteiger partial charge in [-0.15, -0.1) is 0 Å². The molecule has 4 nitrogen and oxygen atoms in total. The Morgan fingerprint density at radius 1 is 1.04 bits per heavy atom. The highest BCUT2D eigenvalue weighted by atomic mass is 16.5. The number of hydrogen-bond donors (Lipinski definition) is 0. The van der Waals surface area contributed by atoms with Gasteiger partial charge in [0.1, 0.15) is 11.8 Å². The second-order valence-electron chi connectivity index (χ2n) is 5.61. The Morgan fingerprint density at radius 2 is 1.77 bits per heavy atom. The number of nitrogens with zero attached hydrogens (tertiary/aromatic N) is 2. The summed E-state index contributed by atoms with van der Waals surface area (Å²) in [6.07, 6.45) is 10.9. The van der Waals surface area contributed by atoms with E-state index in [4.69, 9.17) is 4.74 Å². The van der Waals surface area contributed by atoms with Crippen LogP contribution in [0.15, 0.2) is 88.9 Å². The van der Waals surface area contributed by atoms with Crippen molar-refractivity contribution in [2.24, 2.45) is 15.9 Å². The quantitative estimate of drug-likeness (QED) is 0.538. The number of methoxy groups -OCH3 is 1. The topological polar surface area (TPSA) is 51.0 Å². The van der Waals surface area contributed by atoms with Gasteiger partial charge in [-0.3, -0.25) is 4.79 Å². The van der Waals surface area contributed by atoms with E-state index in [9.17, 15) is 4.79 Å². The van der Waals surface area contributed by atoms with Crippen LogP contribution >= 0.6 is 0 Å². The smallest absolute Gasteiger partial charge is 0.166 e. The first-order valence-electron chi connectivity index (χ1n) is 8.23. The molecule has 1 aliphatic rings.